The van der Waals surface area contributed by atoms with E-state index in [-0.39, 0.29) is 18.3 Å². The molecule has 1 atom stereocenters. The molecule has 0 spiro atoms. The third-order valence-corrected chi connectivity index (χ3v) is 3.04. The van der Waals surface area contributed by atoms with Gasteiger partial charge in [-0.1, -0.05) is 13.8 Å². The highest BCUT2D eigenvalue weighted by molar-refractivity contribution is 7.80. The highest BCUT2D eigenvalue weighted by atomic mass is 32.1. The molecule has 17 heavy (non-hydrogen) atoms. The second-order valence-corrected chi connectivity index (χ2v) is 6.03. The standard InChI is InChI=1S/C12H24N2O2S/c1-9(2)5-13-11(17)14-6-10(7-15)16-12(3,4)8-14/h9-10,15H,5-8H2,1-4H3,(H,13,17). The van der Waals surface area contributed by atoms with Crippen LogP contribution >= 0.6 is 12.2 Å². The quantitative estimate of drug-likeness (QED) is 0.741. The molecular weight excluding hydrogens is 236 g/mol. The predicted octanol–water partition coefficient (Wildman–Crippen LogP) is 0.989. The number of nitrogens with one attached hydrogen (secondary N) is 1. The molecule has 5 heteroatoms. The highest BCUT2D eigenvalue weighted by Gasteiger charge is 2.33. The van der Waals surface area contributed by atoms with Crippen LogP contribution < -0.4 is 5.32 Å². The van der Waals surface area contributed by atoms with Crippen LogP contribution in [0.3, 0.4) is 0 Å². The van der Waals surface area contributed by atoms with Gasteiger partial charge in [-0.05, 0) is 32.0 Å². The first-order chi connectivity index (χ1) is 7.84. The number of nitrogens with zero attached hydrogens (tertiary/aromatic N) is 1. The van der Waals surface area contributed by atoms with Crippen molar-refractivity contribution in [3.05, 3.63) is 0 Å². The second kappa shape index (κ2) is 5.98. The van der Waals surface area contributed by atoms with Gasteiger partial charge in [0.1, 0.15) is 0 Å². The molecule has 100 valence electrons. The zero-order valence-electron chi connectivity index (χ0n) is 11.2. The first-order valence-electron chi connectivity index (χ1n) is 6.15. The molecule has 1 saturated heterocycles. The number of hydrogen-bond donors (Lipinski definition) is 2. The first-order valence-corrected chi connectivity index (χ1v) is 6.56. The van der Waals surface area contributed by atoms with Gasteiger partial charge >= 0.3 is 0 Å². The van der Waals surface area contributed by atoms with Crippen molar-refractivity contribution in [3.8, 4) is 0 Å². The van der Waals surface area contributed by atoms with Gasteiger partial charge in [0.2, 0.25) is 0 Å². The van der Waals surface area contributed by atoms with Crippen molar-refractivity contribution in [2.45, 2.75) is 39.4 Å². The number of aliphatic hydroxyl groups is 1. The van der Waals surface area contributed by atoms with Gasteiger partial charge in [0, 0.05) is 19.6 Å². The molecule has 1 aliphatic heterocycles. The number of thiocarbonyl (C=S) groups is 1. The fraction of sp³-hybridized carbons (Fsp3) is 0.917. The molecule has 1 rings (SSSR count). The Morgan fingerprint density at radius 1 is 1.59 bits per heavy atom. The molecule has 0 aromatic heterocycles. The van der Waals surface area contributed by atoms with Crippen LogP contribution in [0.5, 0.6) is 0 Å². The van der Waals surface area contributed by atoms with Gasteiger partial charge in [-0.2, -0.15) is 0 Å². The lowest BCUT2D eigenvalue weighted by atomic mass is 10.1. The van der Waals surface area contributed by atoms with Crippen LogP contribution in [0.4, 0.5) is 0 Å². The van der Waals surface area contributed by atoms with Crippen molar-refractivity contribution in [1.82, 2.24) is 10.2 Å². The number of morpholine rings is 1. The number of hydrogen-bond acceptors (Lipinski definition) is 3. The molecule has 1 aliphatic rings. The van der Waals surface area contributed by atoms with Gasteiger partial charge in [0.05, 0.1) is 18.3 Å². The van der Waals surface area contributed by atoms with Gasteiger partial charge in [-0.15, -0.1) is 0 Å². The predicted molar refractivity (Wildman–Crippen MR) is 73.0 cm³/mol. The summed E-state index contributed by atoms with van der Waals surface area (Å²) in [4.78, 5) is 2.09. The van der Waals surface area contributed by atoms with Crippen molar-refractivity contribution in [1.29, 1.82) is 0 Å². The van der Waals surface area contributed by atoms with E-state index in [1.165, 1.54) is 0 Å². The Morgan fingerprint density at radius 3 is 2.76 bits per heavy atom. The molecular formula is C12H24N2O2S. The highest BCUT2D eigenvalue weighted by Crippen LogP contribution is 2.20. The van der Waals surface area contributed by atoms with E-state index in [1.54, 1.807) is 0 Å². The summed E-state index contributed by atoms with van der Waals surface area (Å²) < 4.78 is 5.75. The average molecular weight is 260 g/mol. The molecule has 0 radical (unpaired) electrons. The van der Waals surface area contributed by atoms with Crippen LogP contribution in [0.2, 0.25) is 0 Å². The maximum Gasteiger partial charge on any atom is 0.169 e. The lowest BCUT2D eigenvalue weighted by molar-refractivity contribution is -0.134. The third-order valence-electron chi connectivity index (χ3n) is 2.63. The normalized spacial score (nSPS) is 23.9. The van der Waals surface area contributed by atoms with E-state index in [0.29, 0.717) is 12.5 Å². The Labute approximate surface area is 109 Å². The summed E-state index contributed by atoms with van der Waals surface area (Å²) in [6.07, 6.45) is -0.155. The minimum atomic E-state index is -0.269. The molecule has 1 fully saturated rings. The van der Waals surface area contributed by atoms with Crippen molar-refractivity contribution in [2.75, 3.05) is 26.2 Å². The van der Waals surface area contributed by atoms with Crippen LogP contribution in [0.15, 0.2) is 0 Å². The molecule has 0 saturated carbocycles. The SMILES string of the molecule is CC(C)CNC(=S)N1CC(CO)OC(C)(C)C1. The Morgan fingerprint density at radius 2 is 2.24 bits per heavy atom. The zero-order valence-corrected chi connectivity index (χ0v) is 12.0. The fourth-order valence-corrected chi connectivity index (χ4v) is 2.17. The minimum Gasteiger partial charge on any atom is -0.394 e. The van der Waals surface area contributed by atoms with Crippen molar-refractivity contribution >= 4 is 17.3 Å². The zero-order chi connectivity index (χ0) is 13.1. The lowest BCUT2D eigenvalue weighted by Gasteiger charge is -2.43. The lowest BCUT2D eigenvalue weighted by Crippen LogP contribution is -2.57. The van der Waals surface area contributed by atoms with Gasteiger partial charge in [-0.25, -0.2) is 0 Å². The Hall–Kier alpha value is -0.390. The Kier molecular flexibility index (Phi) is 5.16. The smallest absolute Gasteiger partial charge is 0.169 e. The number of ether oxygens (including phenoxy) is 1. The van der Waals surface area contributed by atoms with Gasteiger partial charge in [0.25, 0.3) is 0 Å². The van der Waals surface area contributed by atoms with E-state index < -0.39 is 0 Å². The maximum atomic E-state index is 9.23. The summed E-state index contributed by atoms with van der Waals surface area (Å²) in [6, 6.07) is 0. The average Bonchev–Trinajstić information content (AvgIpc) is 2.23. The van der Waals surface area contributed by atoms with Crippen molar-refractivity contribution in [3.63, 3.8) is 0 Å². The van der Waals surface area contributed by atoms with Crippen LogP contribution in [0.25, 0.3) is 0 Å². The first kappa shape index (κ1) is 14.7. The van der Waals surface area contributed by atoms with Gasteiger partial charge in [-0.3, -0.25) is 0 Å². The largest absolute Gasteiger partial charge is 0.394 e. The second-order valence-electron chi connectivity index (χ2n) is 5.64. The number of aliphatic hydroxyl groups excluding tert-OH is 1. The van der Waals surface area contributed by atoms with E-state index in [0.717, 1.165) is 18.2 Å². The molecule has 0 aromatic rings. The summed E-state index contributed by atoms with van der Waals surface area (Å²) in [5.41, 5.74) is -0.269. The summed E-state index contributed by atoms with van der Waals surface area (Å²) in [6.45, 7) is 10.7. The van der Waals surface area contributed by atoms with Crippen LogP contribution in [-0.2, 0) is 4.74 Å². The molecule has 0 amide bonds. The van der Waals surface area contributed by atoms with E-state index in [4.69, 9.17) is 17.0 Å². The summed E-state index contributed by atoms with van der Waals surface area (Å²) in [5.74, 6) is 0.565. The molecule has 2 N–H and O–H groups in total. The van der Waals surface area contributed by atoms with E-state index in [1.807, 2.05) is 13.8 Å². The molecule has 4 nitrogen and oxygen atoms in total. The van der Waals surface area contributed by atoms with E-state index in [2.05, 4.69) is 24.1 Å². The van der Waals surface area contributed by atoms with Crippen LogP contribution in [-0.4, -0.2) is 53.1 Å². The Balaban J connectivity index is 2.54. The van der Waals surface area contributed by atoms with Gasteiger partial charge in [0.15, 0.2) is 5.11 Å². The van der Waals surface area contributed by atoms with Crippen molar-refractivity contribution < 1.29 is 9.84 Å². The molecule has 0 aromatic carbocycles. The summed E-state index contributed by atoms with van der Waals surface area (Å²) >= 11 is 5.37. The summed E-state index contributed by atoms with van der Waals surface area (Å²) in [7, 11) is 0. The van der Waals surface area contributed by atoms with Crippen LogP contribution in [0, 0.1) is 5.92 Å². The monoisotopic (exact) mass is 260 g/mol. The van der Waals surface area contributed by atoms with Crippen molar-refractivity contribution in [2.24, 2.45) is 5.92 Å². The van der Waals surface area contributed by atoms with E-state index in [9.17, 15) is 5.11 Å². The molecule has 0 bridgehead atoms. The Bertz CT molecular complexity index is 269. The molecule has 1 unspecified atom stereocenters. The van der Waals surface area contributed by atoms with E-state index >= 15 is 0 Å². The van der Waals surface area contributed by atoms with Gasteiger partial charge < -0.3 is 20.1 Å². The molecule has 1 heterocycles. The topological polar surface area (TPSA) is 44.7 Å². The summed E-state index contributed by atoms with van der Waals surface area (Å²) in [5, 5.41) is 13.2. The number of rotatable bonds is 3. The maximum absolute atomic E-state index is 9.23. The fourth-order valence-electron chi connectivity index (χ4n) is 1.95. The minimum absolute atomic E-state index is 0.0344. The molecule has 0 aliphatic carbocycles. The van der Waals surface area contributed by atoms with Crippen LogP contribution in [0.1, 0.15) is 27.7 Å². The third kappa shape index (κ3) is 4.77.